The summed E-state index contributed by atoms with van der Waals surface area (Å²) in [5, 5.41) is 4.12. The maximum Gasteiger partial charge on any atom is 0.272 e. The summed E-state index contributed by atoms with van der Waals surface area (Å²) in [6, 6.07) is 9.31. The van der Waals surface area contributed by atoms with Gasteiger partial charge in [-0.1, -0.05) is 43.9 Å². The monoisotopic (exact) mass is 230 g/mol. The molecule has 0 N–H and O–H groups in total. The highest BCUT2D eigenvalue weighted by Gasteiger charge is 2.14. The molecule has 1 aromatic rings. The van der Waals surface area contributed by atoms with Gasteiger partial charge in [-0.05, 0) is 30.9 Å². The Morgan fingerprint density at radius 2 is 1.88 bits per heavy atom. The van der Waals surface area contributed by atoms with Crippen LogP contribution in [0.5, 0.6) is 0 Å². The zero-order chi connectivity index (χ0) is 11.9. The Kier molecular flexibility index (Phi) is 4.60. The number of carbonyl (C=O) groups excluding carboxylic acids is 1. The first-order chi connectivity index (χ1) is 8.36. The van der Waals surface area contributed by atoms with Crippen molar-refractivity contribution in [2.75, 3.05) is 6.54 Å². The molecule has 2 nitrogen and oxygen atoms in total. The Bertz CT molecular complexity index is 341. The number of amides is 1. The highest BCUT2D eigenvalue weighted by Crippen LogP contribution is 2.28. The zero-order valence-electron chi connectivity index (χ0n) is 10.3. The van der Waals surface area contributed by atoms with Crippen molar-refractivity contribution in [3.05, 3.63) is 35.9 Å². The maximum absolute atomic E-state index is 11.7. The van der Waals surface area contributed by atoms with E-state index < -0.39 is 0 Å². The predicted octanol–water partition coefficient (Wildman–Crippen LogP) is 3.40. The third-order valence-electron chi connectivity index (χ3n) is 3.52. The summed E-state index contributed by atoms with van der Waals surface area (Å²) in [5.74, 6) is 0.828. The van der Waals surface area contributed by atoms with Crippen LogP contribution in [-0.2, 0) is 0 Å². The molecule has 0 bridgehead atoms. The lowest BCUT2D eigenvalue weighted by molar-refractivity contribution is 0.0947. The first-order valence-corrected chi connectivity index (χ1v) is 6.63. The van der Waals surface area contributed by atoms with Crippen molar-refractivity contribution in [3.63, 3.8) is 0 Å². The van der Waals surface area contributed by atoms with E-state index >= 15 is 0 Å². The topological polar surface area (TPSA) is 31.2 Å². The van der Waals surface area contributed by atoms with Crippen LogP contribution in [-0.4, -0.2) is 12.5 Å². The van der Waals surface area contributed by atoms with Crippen LogP contribution < -0.4 is 5.32 Å². The Hall–Kier alpha value is -1.31. The highest BCUT2D eigenvalue weighted by atomic mass is 16.1. The van der Waals surface area contributed by atoms with Gasteiger partial charge >= 0.3 is 0 Å². The van der Waals surface area contributed by atoms with Crippen molar-refractivity contribution < 1.29 is 4.79 Å². The highest BCUT2D eigenvalue weighted by molar-refractivity contribution is 5.93. The van der Waals surface area contributed by atoms with Crippen LogP contribution in [0.15, 0.2) is 30.3 Å². The first-order valence-electron chi connectivity index (χ1n) is 6.63. The summed E-state index contributed by atoms with van der Waals surface area (Å²) in [4.78, 5) is 11.7. The van der Waals surface area contributed by atoms with E-state index in [0.717, 1.165) is 12.3 Å². The van der Waals surface area contributed by atoms with Gasteiger partial charge in [0.15, 0.2) is 0 Å². The number of nitrogens with zero attached hydrogens (tertiary/aromatic N) is 1. The van der Waals surface area contributed by atoms with Crippen molar-refractivity contribution in [2.45, 2.75) is 38.5 Å². The molecule has 1 amide bonds. The Morgan fingerprint density at radius 3 is 2.59 bits per heavy atom. The van der Waals surface area contributed by atoms with E-state index in [2.05, 4.69) is 5.32 Å². The number of hydrogen-bond acceptors (Lipinski definition) is 1. The average Bonchev–Trinajstić information content (AvgIpc) is 2.88. The molecule has 1 radical (unpaired) electrons. The van der Waals surface area contributed by atoms with E-state index in [1.807, 2.05) is 30.3 Å². The fourth-order valence-electron chi connectivity index (χ4n) is 2.53. The molecule has 0 unspecified atom stereocenters. The number of benzene rings is 1. The predicted molar refractivity (Wildman–Crippen MR) is 69.0 cm³/mol. The largest absolute Gasteiger partial charge is 0.272 e. The number of rotatable bonds is 5. The Balaban J connectivity index is 1.63. The summed E-state index contributed by atoms with van der Waals surface area (Å²) < 4.78 is 0. The van der Waals surface area contributed by atoms with Crippen LogP contribution in [0.25, 0.3) is 0 Å². The molecule has 0 aliphatic heterocycles. The Morgan fingerprint density at radius 1 is 1.18 bits per heavy atom. The second kappa shape index (κ2) is 6.43. The minimum absolute atomic E-state index is 0.0722. The molecule has 0 saturated heterocycles. The molecule has 1 fully saturated rings. The van der Waals surface area contributed by atoms with Gasteiger partial charge in [0.1, 0.15) is 0 Å². The van der Waals surface area contributed by atoms with E-state index in [4.69, 9.17) is 0 Å². The third-order valence-corrected chi connectivity index (χ3v) is 3.52. The van der Waals surface area contributed by atoms with Crippen molar-refractivity contribution in [2.24, 2.45) is 5.92 Å². The van der Waals surface area contributed by atoms with E-state index in [1.54, 1.807) is 0 Å². The number of hydrogen-bond donors (Lipinski definition) is 0. The molecule has 2 heteroatoms. The van der Waals surface area contributed by atoms with Gasteiger partial charge in [-0.15, -0.1) is 0 Å². The van der Waals surface area contributed by atoms with Gasteiger partial charge in [-0.25, -0.2) is 5.32 Å². The van der Waals surface area contributed by atoms with Gasteiger partial charge in [0.2, 0.25) is 0 Å². The molecule has 1 aromatic carbocycles. The molecule has 91 valence electrons. The second-order valence-electron chi connectivity index (χ2n) is 4.85. The van der Waals surface area contributed by atoms with Crippen LogP contribution in [0.4, 0.5) is 0 Å². The summed E-state index contributed by atoms with van der Waals surface area (Å²) in [7, 11) is 0. The van der Waals surface area contributed by atoms with Crippen LogP contribution in [0, 0.1) is 5.92 Å². The molecule has 17 heavy (non-hydrogen) atoms. The third kappa shape index (κ3) is 3.88. The van der Waals surface area contributed by atoms with Gasteiger partial charge in [-0.2, -0.15) is 0 Å². The average molecular weight is 230 g/mol. The van der Waals surface area contributed by atoms with Crippen LogP contribution in [0.1, 0.15) is 48.9 Å². The molecule has 1 aliphatic rings. The molecule has 0 aromatic heterocycles. The summed E-state index contributed by atoms with van der Waals surface area (Å²) >= 11 is 0. The summed E-state index contributed by atoms with van der Waals surface area (Å²) in [6.07, 6.45) is 7.85. The second-order valence-corrected chi connectivity index (χ2v) is 4.85. The van der Waals surface area contributed by atoms with Crippen molar-refractivity contribution in [3.8, 4) is 0 Å². The lowest BCUT2D eigenvalue weighted by Gasteiger charge is -2.07. The van der Waals surface area contributed by atoms with Crippen molar-refractivity contribution in [1.29, 1.82) is 0 Å². The maximum atomic E-state index is 11.7. The van der Waals surface area contributed by atoms with Crippen LogP contribution in [0.2, 0.25) is 0 Å². The summed E-state index contributed by atoms with van der Waals surface area (Å²) in [5.41, 5.74) is 0.702. The smallest absolute Gasteiger partial charge is 0.267 e. The normalized spacial score (nSPS) is 16.0. The standard InChI is InChI=1S/C15H20NO/c17-15(14-10-2-1-3-11-14)16-12-6-9-13-7-4-5-8-13/h1-3,10-11,13H,4-9,12H2. The van der Waals surface area contributed by atoms with Crippen LogP contribution >= 0.6 is 0 Å². The first kappa shape index (κ1) is 12.2. The lowest BCUT2D eigenvalue weighted by atomic mass is 10.0. The molecule has 0 heterocycles. The van der Waals surface area contributed by atoms with E-state index in [-0.39, 0.29) is 5.91 Å². The SMILES string of the molecule is O=C([N]CCCC1CCCC1)c1ccccc1. The zero-order valence-corrected chi connectivity index (χ0v) is 10.3. The van der Waals surface area contributed by atoms with Crippen molar-refractivity contribution >= 4 is 5.91 Å². The molecule has 1 saturated carbocycles. The molecular weight excluding hydrogens is 210 g/mol. The van der Waals surface area contributed by atoms with Gasteiger partial charge in [-0.3, -0.25) is 4.79 Å². The van der Waals surface area contributed by atoms with Gasteiger partial charge in [0, 0.05) is 12.1 Å². The lowest BCUT2D eigenvalue weighted by Crippen LogP contribution is -2.17. The summed E-state index contributed by atoms with van der Waals surface area (Å²) in [6.45, 7) is 0.685. The Labute approximate surface area is 103 Å². The number of carbonyl (C=O) groups is 1. The van der Waals surface area contributed by atoms with Gasteiger partial charge < -0.3 is 0 Å². The van der Waals surface area contributed by atoms with Crippen molar-refractivity contribution in [1.82, 2.24) is 5.32 Å². The molecular formula is C15H20NO. The fraction of sp³-hybridized carbons (Fsp3) is 0.533. The quantitative estimate of drug-likeness (QED) is 0.713. The van der Waals surface area contributed by atoms with E-state index in [9.17, 15) is 4.79 Å². The minimum Gasteiger partial charge on any atom is -0.267 e. The van der Waals surface area contributed by atoms with Gasteiger partial charge in [0.05, 0.1) is 0 Å². The van der Waals surface area contributed by atoms with Crippen LogP contribution in [0.3, 0.4) is 0 Å². The molecule has 0 spiro atoms. The van der Waals surface area contributed by atoms with E-state index in [1.165, 1.54) is 32.1 Å². The molecule has 2 rings (SSSR count). The fourth-order valence-corrected chi connectivity index (χ4v) is 2.53. The minimum atomic E-state index is -0.0722. The van der Waals surface area contributed by atoms with E-state index in [0.29, 0.717) is 12.1 Å². The van der Waals surface area contributed by atoms with Gasteiger partial charge in [0.25, 0.3) is 5.91 Å². The molecule has 1 aliphatic carbocycles. The molecule has 0 atom stereocenters.